The molecule has 4 rings (SSSR count). The van der Waals surface area contributed by atoms with Crippen molar-refractivity contribution in [2.75, 3.05) is 6.61 Å². The predicted molar refractivity (Wildman–Crippen MR) is 72.7 cm³/mol. The maximum Gasteiger partial charge on any atom is 0.241 e. The molecule has 0 saturated carbocycles. The van der Waals surface area contributed by atoms with Crippen molar-refractivity contribution in [2.45, 2.75) is 18.4 Å². The molecule has 2 saturated heterocycles. The zero-order valence-electron chi connectivity index (χ0n) is 11.1. The van der Waals surface area contributed by atoms with Gasteiger partial charge in [0.05, 0.1) is 12.6 Å². The number of ether oxygens (including phenoxy) is 1. The van der Waals surface area contributed by atoms with Gasteiger partial charge in [-0.2, -0.15) is 11.1 Å². The molecule has 3 heterocycles. The first kappa shape index (κ1) is 13.0. The minimum absolute atomic E-state index is 0.0437. The van der Waals surface area contributed by atoms with Crippen molar-refractivity contribution >= 4 is 5.91 Å². The number of fused-ring (bicyclic) bond motifs is 3. The van der Waals surface area contributed by atoms with Crippen molar-refractivity contribution in [3.05, 3.63) is 29.8 Å². The van der Waals surface area contributed by atoms with Crippen LogP contribution in [0.4, 0.5) is 0 Å². The lowest BCUT2D eigenvalue weighted by Gasteiger charge is -2.29. The lowest BCUT2D eigenvalue weighted by molar-refractivity contribution is -0.125. The number of hydrazine groups is 4. The molecule has 7 N–H and O–H groups in total. The van der Waals surface area contributed by atoms with Crippen molar-refractivity contribution in [2.24, 2.45) is 5.92 Å². The van der Waals surface area contributed by atoms with Gasteiger partial charge in [-0.1, -0.05) is 18.2 Å². The average molecular weight is 291 g/mol. The Morgan fingerprint density at radius 1 is 1.14 bits per heavy atom. The molecule has 9 nitrogen and oxygen atoms in total. The fourth-order valence-corrected chi connectivity index (χ4v) is 2.96. The van der Waals surface area contributed by atoms with Crippen molar-refractivity contribution in [3.63, 3.8) is 0 Å². The quantitative estimate of drug-likeness (QED) is 0.327. The molecule has 9 heteroatoms. The van der Waals surface area contributed by atoms with E-state index >= 15 is 0 Å². The standard InChI is InChI=1S/C12H17N7O2/c20-11(13-12-16-18-19-17-12)10-7-5-21-8-4-2-1-3-6(8)9(7)14-15-10/h1-4,7,9-10,12,14-19H,5H2,(H,13,20). The first-order chi connectivity index (χ1) is 10.3. The number of benzene rings is 1. The van der Waals surface area contributed by atoms with Crippen LogP contribution in [-0.2, 0) is 4.79 Å². The Morgan fingerprint density at radius 2 is 1.95 bits per heavy atom. The Bertz CT molecular complexity index is 548. The van der Waals surface area contributed by atoms with Gasteiger partial charge in [0.15, 0.2) is 6.29 Å². The van der Waals surface area contributed by atoms with Gasteiger partial charge in [0.1, 0.15) is 11.8 Å². The Morgan fingerprint density at radius 3 is 2.81 bits per heavy atom. The number of carbonyl (C=O) groups excluding carboxylic acids is 1. The van der Waals surface area contributed by atoms with E-state index in [-0.39, 0.29) is 30.2 Å². The molecular formula is C12H17N7O2. The van der Waals surface area contributed by atoms with Gasteiger partial charge in [-0.3, -0.25) is 4.79 Å². The molecule has 0 radical (unpaired) electrons. The van der Waals surface area contributed by atoms with Gasteiger partial charge in [-0.15, -0.1) is 0 Å². The minimum atomic E-state index is -0.366. The summed E-state index contributed by atoms with van der Waals surface area (Å²) in [7, 11) is 0. The van der Waals surface area contributed by atoms with Crippen LogP contribution in [0.1, 0.15) is 11.6 Å². The lowest BCUT2D eigenvalue weighted by atomic mass is 9.87. The van der Waals surface area contributed by atoms with Gasteiger partial charge in [0.2, 0.25) is 5.91 Å². The van der Waals surface area contributed by atoms with Gasteiger partial charge < -0.3 is 10.1 Å². The average Bonchev–Trinajstić information content (AvgIpc) is 3.15. The second kappa shape index (κ2) is 5.22. The maximum absolute atomic E-state index is 12.4. The molecule has 1 amide bonds. The smallest absolute Gasteiger partial charge is 0.241 e. The Hall–Kier alpha value is -1.75. The Balaban J connectivity index is 1.49. The number of hydrogen-bond acceptors (Lipinski definition) is 8. The maximum atomic E-state index is 12.4. The molecule has 3 aliphatic rings. The highest BCUT2D eigenvalue weighted by molar-refractivity contribution is 5.83. The molecule has 0 spiro atoms. The van der Waals surface area contributed by atoms with E-state index in [1.165, 1.54) is 0 Å². The van der Waals surface area contributed by atoms with Crippen molar-refractivity contribution in [1.82, 2.24) is 38.1 Å². The summed E-state index contributed by atoms with van der Waals surface area (Å²) in [5, 5.41) is 2.83. The van der Waals surface area contributed by atoms with Crippen LogP contribution in [0.5, 0.6) is 5.75 Å². The van der Waals surface area contributed by atoms with Crippen LogP contribution in [0.3, 0.4) is 0 Å². The highest BCUT2D eigenvalue weighted by atomic mass is 16.5. The summed E-state index contributed by atoms with van der Waals surface area (Å²) in [6, 6.07) is 7.62. The van der Waals surface area contributed by atoms with E-state index in [9.17, 15) is 4.79 Å². The summed E-state index contributed by atoms with van der Waals surface area (Å²) < 4.78 is 5.77. The highest BCUT2D eigenvalue weighted by Crippen LogP contribution is 2.38. The molecule has 21 heavy (non-hydrogen) atoms. The number of hydrogen-bond donors (Lipinski definition) is 7. The van der Waals surface area contributed by atoms with Crippen molar-refractivity contribution in [3.8, 4) is 5.75 Å². The van der Waals surface area contributed by atoms with Crippen LogP contribution in [0.25, 0.3) is 0 Å². The molecule has 3 aliphatic heterocycles. The van der Waals surface area contributed by atoms with Gasteiger partial charge >= 0.3 is 0 Å². The van der Waals surface area contributed by atoms with Crippen LogP contribution < -0.4 is 42.8 Å². The number of para-hydroxylation sites is 1. The number of rotatable bonds is 2. The summed E-state index contributed by atoms with van der Waals surface area (Å²) in [5.41, 5.74) is 18.3. The first-order valence-corrected chi connectivity index (χ1v) is 6.87. The highest BCUT2D eigenvalue weighted by Gasteiger charge is 2.44. The number of carbonyl (C=O) groups is 1. The molecular weight excluding hydrogens is 274 g/mol. The van der Waals surface area contributed by atoms with E-state index in [0.29, 0.717) is 6.61 Å². The molecule has 3 unspecified atom stereocenters. The van der Waals surface area contributed by atoms with E-state index < -0.39 is 0 Å². The van der Waals surface area contributed by atoms with Crippen LogP contribution in [0.2, 0.25) is 0 Å². The van der Waals surface area contributed by atoms with Gasteiger partial charge in [0, 0.05) is 11.5 Å². The zero-order valence-corrected chi connectivity index (χ0v) is 11.1. The van der Waals surface area contributed by atoms with Crippen LogP contribution in [-0.4, -0.2) is 24.8 Å². The monoisotopic (exact) mass is 291 g/mol. The third kappa shape index (κ3) is 2.25. The summed E-state index contributed by atoms with van der Waals surface area (Å²) in [6.45, 7) is 0.502. The Kier molecular flexibility index (Phi) is 3.22. The Labute approximate surface area is 121 Å². The molecule has 0 bridgehead atoms. The fourth-order valence-electron chi connectivity index (χ4n) is 2.96. The minimum Gasteiger partial charge on any atom is -0.493 e. The summed E-state index contributed by atoms with van der Waals surface area (Å²) in [5.74, 6) is 0.817. The molecule has 3 atom stereocenters. The zero-order chi connectivity index (χ0) is 14.2. The summed E-state index contributed by atoms with van der Waals surface area (Å²) in [6.07, 6.45) is -0.366. The number of nitrogens with one attached hydrogen (secondary N) is 7. The fraction of sp³-hybridized carbons (Fsp3) is 0.417. The molecule has 0 aromatic heterocycles. The largest absolute Gasteiger partial charge is 0.493 e. The van der Waals surface area contributed by atoms with Gasteiger partial charge in [-0.25, -0.2) is 21.7 Å². The second-order valence-electron chi connectivity index (χ2n) is 5.24. The van der Waals surface area contributed by atoms with Crippen LogP contribution in [0.15, 0.2) is 24.3 Å². The molecule has 1 aromatic carbocycles. The van der Waals surface area contributed by atoms with E-state index in [0.717, 1.165) is 11.3 Å². The van der Waals surface area contributed by atoms with Crippen LogP contribution in [0, 0.1) is 5.92 Å². The lowest BCUT2D eigenvalue weighted by Crippen LogP contribution is -2.56. The predicted octanol–water partition coefficient (Wildman–Crippen LogP) is -2.27. The van der Waals surface area contributed by atoms with Crippen molar-refractivity contribution < 1.29 is 9.53 Å². The third-order valence-corrected chi connectivity index (χ3v) is 4.00. The van der Waals surface area contributed by atoms with E-state index in [1.54, 1.807) is 0 Å². The molecule has 2 fully saturated rings. The van der Waals surface area contributed by atoms with E-state index in [1.807, 2.05) is 24.3 Å². The third-order valence-electron chi connectivity index (χ3n) is 4.00. The summed E-state index contributed by atoms with van der Waals surface area (Å²) >= 11 is 0. The number of amides is 1. The molecule has 112 valence electrons. The molecule has 1 aromatic rings. The second-order valence-corrected chi connectivity index (χ2v) is 5.24. The van der Waals surface area contributed by atoms with E-state index in [2.05, 4.69) is 38.1 Å². The topological polar surface area (TPSA) is 111 Å². The summed E-state index contributed by atoms with van der Waals surface area (Å²) in [4.78, 5) is 12.4. The SMILES string of the molecule is O=C(NC1NNNN1)C1NNC2c3ccccc3OCC12. The van der Waals surface area contributed by atoms with Crippen LogP contribution >= 0.6 is 0 Å². The molecule has 0 aliphatic carbocycles. The van der Waals surface area contributed by atoms with Gasteiger partial charge in [0.25, 0.3) is 0 Å². The van der Waals surface area contributed by atoms with E-state index in [4.69, 9.17) is 4.74 Å². The van der Waals surface area contributed by atoms with Gasteiger partial charge in [-0.05, 0) is 6.07 Å². The van der Waals surface area contributed by atoms with Crippen molar-refractivity contribution in [1.29, 1.82) is 0 Å². The normalized spacial score (nSPS) is 31.3. The first-order valence-electron chi connectivity index (χ1n) is 6.87.